The normalized spacial score (nSPS) is 17.5. The number of hydrogen-bond acceptors (Lipinski definition) is 4. The Morgan fingerprint density at radius 1 is 1.00 bits per heavy atom. The number of aliphatic imine (C=N–C) groups is 1. The molecule has 0 radical (unpaired) electrons. The lowest BCUT2D eigenvalue weighted by atomic mass is 10.1. The van der Waals surface area contributed by atoms with Crippen molar-refractivity contribution in [2.24, 2.45) is 4.99 Å². The molecule has 5 heteroatoms. The Hall–Kier alpha value is -2.04. The predicted octanol–water partition coefficient (Wildman–Crippen LogP) is 4.08. The number of ether oxygens (including phenoxy) is 1. The van der Waals surface area contributed by atoms with E-state index in [-0.39, 0.29) is 0 Å². The number of fused-ring (bicyclic) bond motifs is 2. The van der Waals surface area contributed by atoms with Crippen LogP contribution < -0.4 is 4.74 Å². The van der Waals surface area contributed by atoms with Crippen molar-refractivity contribution in [3.63, 3.8) is 0 Å². The molecule has 2 aliphatic rings. The van der Waals surface area contributed by atoms with Gasteiger partial charge in [0.25, 0.3) is 0 Å². The lowest BCUT2D eigenvalue weighted by Gasteiger charge is -2.34. The van der Waals surface area contributed by atoms with Gasteiger partial charge in [-0.3, -0.25) is 0 Å². The largest absolute Gasteiger partial charge is 0.454 e. The summed E-state index contributed by atoms with van der Waals surface area (Å²) < 4.78 is 6.17. The van der Waals surface area contributed by atoms with Gasteiger partial charge in [0.05, 0.1) is 5.56 Å². The fourth-order valence-corrected chi connectivity index (χ4v) is 3.29. The van der Waals surface area contributed by atoms with Crippen LogP contribution in [0.4, 0.5) is 5.69 Å². The second-order valence-electron chi connectivity index (χ2n) is 6.44. The number of amidine groups is 1. The van der Waals surface area contributed by atoms with E-state index in [2.05, 4.69) is 29.8 Å². The van der Waals surface area contributed by atoms with Crippen LogP contribution in [0.5, 0.6) is 11.5 Å². The minimum atomic E-state index is 0.696. The molecule has 0 unspecified atom stereocenters. The maximum atomic E-state index is 6.26. The molecule has 1 fully saturated rings. The molecule has 2 aromatic carbocycles. The standard InChI is InChI=1S/C19H20ClN3O/c1-13-3-5-16-18(11-13)24-17-6-4-14(20)12-15(17)19(21-16)23-9-7-22(2)8-10-23/h3-6,11-12H,7-10H2,1-2H3. The molecular weight excluding hydrogens is 322 g/mol. The molecule has 0 saturated carbocycles. The Morgan fingerprint density at radius 2 is 1.79 bits per heavy atom. The molecule has 24 heavy (non-hydrogen) atoms. The third-order valence-electron chi connectivity index (χ3n) is 4.55. The first-order valence-corrected chi connectivity index (χ1v) is 8.58. The zero-order chi connectivity index (χ0) is 16.7. The van der Waals surface area contributed by atoms with Crippen molar-refractivity contribution in [3.8, 4) is 11.5 Å². The summed E-state index contributed by atoms with van der Waals surface area (Å²) >= 11 is 6.26. The molecule has 0 atom stereocenters. The monoisotopic (exact) mass is 341 g/mol. The van der Waals surface area contributed by atoms with Crippen molar-refractivity contribution < 1.29 is 4.74 Å². The van der Waals surface area contributed by atoms with E-state index in [9.17, 15) is 0 Å². The van der Waals surface area contributed by atoms with Crippen molar-refractivity contribution in [1.29, 1.82) is 0 Å². The fourth-order valence-electron chi connectivity index (χ4n) is 3.11. The quantitative estimate of drug-likeness (QED) is 0.722. The van der Waals surface area contributed by atoms with E-state index < -0.39 is 0 Å². The van der Waals surface area contributed by atoms with Gasteiger partial charge in [-0.2, -0.15) is 0 Å². The first-order valence-electron chi connectivity index (χ1n) is 8.21. The van der Waals surface area contributed by atoms with Gasteiger partial charge in [-0.05, 0) is 49.9 Å². The summed E-state index contributed by atoms with van der Waals surface area (Å²) in [5.74, 6) is 2.55. The van der Waals surface area contributed by atoms with Crippen LogP contribution in [-0.2, 0) is 0 Å². The Morgan fingerprint density at radius 3 is 2.58 bits per heavy atom. The van der Waals surface area contributed by atoms with Gasteiger partial charge in [-0.1, -0.05) is 17.7 Å². The molecule has 0 N–H and O–H groups in total. The van der Waals surface area contributed by atoms with Crippen molar-refractivity contribution in [2.45, 2.75) is 6.92 Å². The molecule has 0 aromatic heterocycles. The van der Waals surface area contributed by atoms with Gasteiger partial charge >= 0.3 is 0 Å². The zero-order valence-electron chi connectivity index (χ0n) is 13.9. The highest BCUT2D eigenvalue weighted by Gasteiger charge is 2.25. The first-order chi connectivity index (χ1) is 11.6. The van der Waals surface area contributed by atoms with Gasteiger partial charge in [0.1, 0.15) is 17.3 Å². The molecule has 4 nitrogen and oxygen atoms in total. The average molecular weight is 342 g/mol. The number of aryl methyl sites for hydroxylation is 1. The molecule has 124 valence electrons. The third kappa shape index (κ3) is 2.87. The minimum Gasteiger partial charge on any atom is -0.454 e. The second kappa shape index (κ2) is 6.11. The van der Waals surface area contributed by atoms with Crippen LogP contribution in [-0.4, -0.2) is 48.9 Å². The molecule has 2 aromatic rings. The number of piperazine rings is 1. The van der Waals surface area contributed by atoms with E-state index in [4.69, 9.17) is 21.3 Å². The van der Waals surface area contributed by atoms with Crippen LogP contribution in [0.1, 0.15) is 11.1 Å². The molecule has 0 bridgehead atoms. The summed E-state index contributed by atoms with van der Waals surface area (Å²) in [6.07, 6.45) is 0. The number of nitrogens with zero attached hydrogens (tertiary/aromatic N) is 3. The molecule has 1 saturated heterocycles. The molecular formula is C19H20ClN3O. The first kappa shape index (κ1) is 15.5. The lowest BCUT2D eigenvalue weighted by Crippen LogP contribution is -2.47. The fraction of sp³-hybridized carbons (Fsp3) is 0.316. The Labute approximate surface area is 147 Å². The van der Waals surface area contributed by atoms with Crippen LogP contribution in [0.2, 0.25) is 5.02 Å². The summed E-state index contributed by atoms with van der Waals surface area (Å²) in [4.78, 5) is 9.61. The Bertz CT molecular complexity index is 810. The van der Waals surface area contributed by atoms with Crippen molar-refractivity contribution in [1.82, 2.24) is 9.80 Å². The minimum absolute atomic E-state index is 0.696. The highest BCUT2D eigenvalue weighted by atomic mass is 35.5. The van der Waals surface area contributed by atoms with Gasteiger partial charge in [0.15, 0.2) is 5.75 Å². The van der Waals surface area contributed by atoms with Crippen LogP contribution in [0, 0.1) is 6.92 Å². The molecule has 2 heterocycles. The molecule has 0 amide bonds. The predicted molar refractivity (Wildman–Crippen MR) is 98.0 cm³/mol. The molecule has 0 spiro atoms. The Kier molecular flexibility index (Phi) is 3.94. The van der Waals surface area contributed by atoms with Gasteiger partial charge in [-0.25, -0.2) is 4.99 Å². The van der Waals surface area contributed by atoms with E-state index in [1.165, 1.54) is 0 Å². The number of hydrogen-bond donors (Lipinski definition) is 0. The van der Waals surface area contributed by atoms with E-state index >= 15 is 0 Å². The van der Waals surface area contributed by atoms with Gasteiger partial charge in [0.2, 0.25) is 0 Å². The van der Waals surface area contributed by atoms with Gasteiger partial charge in [0, 0.05) is 31.2 Å². The number of likely N-dealkylation sites (N-methyl/N-ethyl adjacent to an activating group) is 1. The molecule has 0 aliphatic carbocycles. The SMILES string of the molecule is Cc1ccc2c(c1)Oc1ccc(Cl)cc1C(N1CCN(C)CC1)=N2. The van der Waals surface area contributed by atoms with E-state index in [0.29, 0.717) is 5.02 Å². The van der Waals surface area contributed by atoms with Crippen LogP contribution in [0.15, 0.2) is 41.4 Å². The number of halogens is 1. The number of rotatable bonds is 0. The smallest absolute Gasteiger partial charge is 0.153 e. The van der Waals surface area contributed by atoms with E-state index in [1.54, 1.807) is 0 Å². The number of benzene rings is 2. The maximum Gasteiger partial charge on any atom is 0.153 e. The van der Waals surface area contributed by atoms with Crippen LogP contribution in [0.3, 0.4) is 0 Å². The highest BCUT2D eigenvalue weighted by molar-refractivity contribution is 6.31. The molecule has 2 aliphatic heterocycles. The van der Waals surface area contributed by atoms with E-state index in [1.807, 2.05) is 30.3 Å². The summed E-state index contributed by atoms with van der Waals surface area (Å²) in [6, 6.07) is 11.9. The summed E-state index contributed by atoms with van der Waals surface area (Å²) in [7, 11) is 2.15. The maximum absolute atomic E-state index is 6.26. The zero-order valence-corrected chi connectivity index (χ0v) is 14.7. The van der Waals surface area contributed by atoms with Gasteiger partial charge < -0.3 is 14.5 Å². The highest BCUT2D eigenvalue weighted by Crippen LogP contribution is 2.39. The van der Waals surface area contributed by atoms with Crippen LogP contribution in [0.25, 0.3) is 0 Å². The second-order valence-corrected chi connectivity index (χ2v) is 6.88. The average Bonchev–Trinajstić information content (AvgIpc) is 2.72. The van der Waals surface area contributed by atoms with Crippen molar-refractivity contribution >= 4 is 23.1 Å². The molecule has 4 rings (SSSR count). The third-order valence-corrected chi connectivity index (χ3v) is 4.78. The van der Waals surface area contributed by atoms with Crippen molar-refractivity contribution in [2.75, 3.05) is 33.2 Å². The lowest BCUT2D eigenvalue weighted by molar-refractivity contribution is 0.215. The van der Waals surface area contributed by atoms with E-state index in [0.717, 1.165) is 60.3 Å². The van der Waals surface area contributed by atoms with Crippen molar-refractivity contribution in [3.05, 3.63) is 52.5 Å². The summed E-state index contributed by atoms with van der Waals surface area (Å²) in [5, 5.41) is 0.696. The summed E-state index contributed by atoms with van der Waals surface area (Å²) in [6.45, 7) is 6.00. The summed E-state index contributed by atoms with van der Waals surface area (Å²) in [5.41, 5.74) is 2.98. The van der Waals surface area contributed by atoms with Gasteiger partial charge in [-0.15, -0.1) is 0 Å². The topological polar surface area (TPSA) is 28.1 Å². The van der Waals surface area contributed by atoms with Crippen LogP contribution >= 0.6 is 11.6 Å². The Balaban J connectivity index is 1.85.